The van der Waals surface area contributed by atoms with Crippen LogP contribution in [0.3, 0.4) is 0 Å². The van der Waals surface area contributed by atoms with Crippen molar-refractivity contribution >= 4 is 45.6 Å². The number of anilines is 1. The molecule has 0 aliphatic carbocycles. The molecule has 0 atom stereocenters. The standard InChI is InChI=1S/C16H5Cl2F13N2OS/c17-5-1-2-6(7(18)3-5)8-4-35-10(32-8)33-9(34)11(19,20)12(21,22)13(23,24)14(25,26)15(27,28)16(29,30)31/h1-4H,(H,32,33,34). The molecule has 1 aromatic carbocycles. The van der Waals surface area contributed by atoms with Gasteiger partial charge in [-0.1, -0.05) is 23.2 Å². The predicted octanol–water partition coefficient (Wildman–Crippen LogP) is 7.79. The number of aromatic nitrogens is 1. The third-order valence-corrected chi connectivity index (χ3v) is 5.46. The fraction of sp³-hybridized carbons (Fsp3) is 0.375. The zero-order valence-corrected chi connectivity index (χ0v) is 18.1. The summed E-state index contributed by atoms with van der Waals surface area (Å²) in [6.07, 6.45) is -7.55. The number of alkyl halides is 13. The fourth-order valence-corrected chi connectivity index (χ4v) is 3.45. The number of hydrogen-bond acceptors (Lipinski definition) is 3. The lowest BCUT2D eigenvalue weighted by molar-refractivity contribution is -0.435. The molecule has 0 fully saturated rings. The largest absolute Gasteiger partial charge is 0.460 e. The molecule has 196 valence electrons. The molecule has 1 heterocycles. The van der Waals surface area contributed by atoms with Crippen molar-refractivity contribution < 1.29 is 61.9 Å². The minimum Gasteiger partial charge on any atom is -0.296 e. The van der Waals surface area contributed by atoms with Gasteiger partial charge in [0.1, 0.15) is 0 Å². The highest BCUT2D eigenvalue weighted by atomic mass is 35.5. The summed E-state index contributed by atoms with van der Waals surface area (Å²) in [5, 5.41) is 0.910. The first-order valence-electron chi connectivity index (χ1n) is 8.20. The van der Waals surface area contributed by atoms with Gasteiger partial charge >= 0.3 is 41.7 Å². The number of benzene rings is 1. The summed E-state index contributed by atoms with van der Waals surface area (Å²) in [5.41, 5.74) is -0.158. The van der Waals surface area contributed by atoms with Crippen LogP contribution in [0.1, 0.15) is 0 Å². The molecule has 0 saturated carbocycles. The number of rotatable bonds is 7. The van der Waals surface area contributed by atoms with Crippen LogP contribution in [-0.4, -0.2) is 46.7 Å². The van der Waals surface area contributed by atoms with E-state index in [0.29, 0.717) is 0 Å². The summed E-state index contributed by atoms with van der Waals surface area (Å²) in [6.45, 7) is 0. The number of nitrogens with one attached hydrogen (secondary N) is 1. The Morgan fingerprint density at radius 1 is 0.800 bits per heavy atom. The Kier molecular flexibility index (Phi) is 7.37. The zero-order valence-electron chi connectivity index (χ0n) is 15.7. The summed E-state index contributed by atoms with van der Waals surface area (Å²) in [5.74, 6) is -42.2. The second-order valence-corrected chi connectivity index (χ2v) is 8.19. The van der Waals surface area contributed by atoms with Crippen LogP contribution < -0.4 is 5.32 Å². The molecular formula is C16H5Cl2F13N2OS. The Bertz CT molecular complexity index is 1120. The first-order chi connectivity index (χ1) is 15.5. The predicted molar refractivity (Wildman–Crippen MR) is 97.0 cm³/mol. The minimum absolute atomic E-state index is 0.0467. The Labute approximate surface area is 198 Å². The molecule has 2 rings (SSSR count). The van der Waals surface area contributed by atoms with Crippen LogP contribution in [0.15, 0.2) is 23.6 Å². The van der Waals surface area contributed by atoms with Gasteiger partial charge in [0.15, 0.2) is 5.13 Å². The van der Waals surface area contributed by atoms with E-state index in [4.69, 9.17) is 23.2 Å². The summed E-state index contributed by atoms with van der Waals surface area (Å²) in [7, 11) is 0. The number of carbonyl (C=O) groups excluding carboxylic acids is 1. The molecular weight excluding hydrogens is 586 g/mol. The van der Waals surface area contributed by atoms with E-state index in [0.717, 1.165) is 10.7 Å². The van der Waals surface area contributed by atoms with E-state index >= 15 is 0 Å². The van der Waals surface area contributed by atoms with Gasteiger partial charge < -0.3 is 0 Å². The van der Waals surface area contributed by atoms with Gasteiger partial charge in [0.05, 0.1) is 10.7 Å². The van der Waals surface area contributed by atoms with Crippen molar-refractivity contribution in [2.45, 2.75) is 35.8 Å². The molecule has 1 N–H and O–H groups in total. The van der Waals surface area contributed by atoms with Crippen molar-refractivity contribution in [3.8, 4) is 11.3 Å². The molecule has 0 bridgehead atoms. The number of thiazole rings is 1. The number of halogens is 15. The van der Waals surface area contributed by atoms with Crippen molar-refractivity contribution in [3.05, 3.63) is 33.6 Å². The van der Waals surface area contributed by atoms with Crippen LogP contribution in [0.4, 0.5) is 62.2 Å². The zero-order chi connectivity index (χ0) is 27.4. The average Bonchev–Trinajstić information content (AvgIpc) is 3.14. The van der Waals surface area contributed by atoms with Crippen molar-refractivity contribution in [2.75, 3.05) is 5.32 Å². The molecule has 0 saturated heterocycles. The van der Waals surface area contributed by atoms with E-state index in [2.05, 4.69) is 4.98 Å². The molecule has 0 spiro atoms. The first-order valence-corrected chi connectivity index (χ1v) is 9.84. The minimum atomic E-state index is -8.11. The van der Waals surface area contributed by atoms with E-state index in [-0.39, 0.29) is 32.6 Å². The third-order valence-electron chi connectivity index (χ3n) is 4.15. The average molecular weight is 591 g/mol. The maximum absolute atomic E-state index is 13.9. The highest BCUT2D eigenvalue weighted by molar-refractivity contribution is 7.14. The fourth-order valence-electron chi connectivity index (χ4n) is 2.24. The summed E-state index contributed by atoms with van der Waals surface area (Å²) >= 11 is 11.7. The van der Waals surface area contributed by atoms with E-state index < -0.39 is 46.8 Å². The summed E-state index contributed by atoms with van der Waals surface area (Å²) < 4.78 is 171. The second kappa shape index (κ2) is 8.83. The molecule has 19 heteroatoms. The van der Waals surface area contributed by atoms with Gasteiger partial charge in [-0.25, -0.2) is 4.98 Å². The monoisotopic (exact) mass is 590 g/mol. The van der Waals surface area contributed by atoms with Crippen LogP contribution in [0.5, 0.6) is 0 Å². The lowest BCUT2D eigenvalue weighted by atomic mass is 9.93. The van der Waals surface area contributed by atoms with Gasteiger partial charge in [-0.2, -0.15) is 57.1 Å². The van der Waals surface area contributed by atoms with Gasteiger partial charge in [0, 0.05) is 16.0 Å². The Balaban J connectivity index is 2.38. The molecule has 0 unspecified atom stereocenters. The van der Waals surface area contributed by atoms with Crippen LogP contribution in [0, 0.1) is 0 Å². The number of nitrogens with zero attached hydrogens (tertiary/aromatic N) is 1. The lowest BCUT2D eigenvalue weighted by Crippen LogP contribution is -2.71. The van der Waals surface area contributed by atoms with E-state index in [1.807, 2.05) is 0 Å². The quantitative estimate of drug-likeness (QED) is 0.334. The normalized spacial score (nSPS) is 14.3. The molecule has 35 heavy (non-hydrogen) atoms. The molecule has 0 aliphatic heterocycles. The van der Waals surface area contributed by atoms with Gasteiger partial charge in [0.2, 0.25) is 0 Å². The Hall–Kier alpha value is -2.01. The smallest absolute Gasteiger partial charge is 0.296 e. The summed E-state index contributed by atoms with van der Waals surface area (Å²) in [4.78, 5) is 15.0. The number of carbonyl (C=O) groups is 1. The Morgan fingerprint density at radius 2 is 1.31 bits per heavy atom. The van der Waals surface area contributed by atoms with Gasteiger partial charge in [-0.3, -0.25) is 10.1 Å². The van der Waals surface area contributed by atoms with Gasteiger partial charge in [-0.05, 0) is 18.2 Å². The third kappa shape index (κ3) is 4.61. The highest BCUT2D eigenvalue weighted by Crippen LogP contribution is 2.60. The van der Waals surface area contributed by atoms with Crippen molar-refractivity contribution in [1.82, 2.24) is 4.98 Å². The van der Waals surface area contributed by atoms with Crippen LogP contribution in [-0.2, 0) is 4.79 Å². The second-order valence-electron chi connectivity index (χ2n) is 6.49. The molecule has 2 aromatic rings. The van der Waals surface area contributed by atoms with Crippen molar-refractivity contribution in [2.24, 2.45) is 0 Å². The van der Waals surface area contributed by atoms with Crippen LogP contribution in [0.25, 0.3) is 11.3 Å². The SMILES string of the molecule is O=C(Nc1nc(-c2ccc(Cl)cc2Cl)cs1)C(F)(F)C(F)(F)C(F)(F)C(F)(F)C(F)(F)C(F)(F)F. The number of hydrogen-bond donors (Lipinski definition) is 1. The topological polar surface area (TPSA) is 42.0 Å². The van der Waals surface area contributed by atoms with Gasteiger partial charge in [0.25, 0.3) is 0 Å². The highest BCUT2D eigenvalue weighted by Gasteiger charge is 2.91. The van der Waals surface area contributed by atoms with Crippen LogP contribution in [0.2, 0.25) is 10.0 Å². The molecule has 1 amide bonds. The van der Waals surface area contributed by atoms with E-state index in [9.17, 15) is 61.9 Å². The Morgan fingerprint density at radius 3 is 1.80 bits per heavy atom. The lowest BCUT2D eigenvalue weighted by Gasteiger charge is -2.39. The van der Waals surface area contributed by atoms with Crippen molar-refractivity contribution in [1.29, 1.82) is 0 Å². The molecule has 0 aliphatic rings. The number of amides is 1. The summed E-state index contributed by atoms with van der Waals surface area (Å²) in [6, 6.07) is 3.69. The maximum Gasteiger partial charge on any atom is 0.460 e. The van der Waals surface area contributed by atoms with Crippen LogP contribution >= 0.6 is 34.5 Å². The molecule has 3 nitrogen and oxygen atoms in total. The van der Waals surface area contributed by atoms with E-state index in [1.165, 1.54) is 18.2 Å². The first kappa shape index (κ1) is 29.2. The molecule has 0 radical (unpaired) electrons. The maximum atomic E-state index is 13.9. The van der Waals surface area contributed by atoms with Crippen molar-refractivity contribution in [3.63, 3.8) is 0 Å². The molecule has 1 aromatic heterocycles. The van der Waals surface area contributed by atoms with Gasteiger partial charge in [-0.15, -0.1) is 11.3 Å². The van der Waals surface area contributed by atoms with E-state index in [1.54, 1.807) is 0 Å².